The van der Waals surface area contributed by atoms with Crippen LogP contribution in [0.15, 0.2) is 52.4 Å². The first kappa shape index (κ1) is 21.4. The first-order valence-corrected chi connectivity index (χ1v) is 11.2. The van der Waals surface area contributed by atoms with E-state index >= 15 is 0 Å². The fraction of sp³-hybridized carbons (Fsp3) is 0.273. The molecule has 31 heavy (non-hydrogen) atoms. The molecule has 9 heteroatoms. The molecule has 0 radical (unpaired) electrons. The van der Waals surface area contributed by atoms with Gasteiger partial charge in [-0.3, -0.25) is 19.0 Å². The number of hydrogen-bond donors (Lipinski definition) is 1. The van der Waals surface area contributed by atoms with Crippen molar-refractivity contribution in [1.82, 2.24) is 9.55 Å². The Kier molecular flexibility index (Phi) is 6.02. The monoisotopic (exact) mass is 456 g/mol. The summed E-state index contributed by atoms with van der Waals surface area (Å²) >= 11 is 7.26. The van der Waals surface area contributed by atoms with E-state index in [1.54, 1.807) is 41.0 Å². The number of amides is 2. The standard InChI is InChI=1S/C22H21ClN4O3S/c1-13(2)10-27-21(30)15-9-14(23)7-8-16(15)25-22(27)31-12-20(29)26-11-19(28)24-17-5-3-4-6-18(17)26/h3-9,13H,10-12H2,1-2H3,(H,24,28). The molecular formula is C22H21ClN4O3S. The number of thioether (sulfide) groups is 1. The van der Waals surface area contributed by atoms with Crippen molar-refractivity contribution in [2.75, 3.05) is 22.5 Å². The molecule has 0 atom stereocenters. The number of para-hydroxylation sites is 2. The van der Waals surface area contributed by atoms with Crippen molar-refractivity contribution in [3.63, 3.8) is 0 Å². The largest absolute Gasteiger partial charge is 0.323 e. The van der Waals surface area contributed by atoms with Crippen LogP contribution in [-0.4, -0.2) is 33.7 Å². The lowest BCUT2D eigenvalue weighted by Gasteiger charge is -2.29. The fourth-order valence-corrected chi connectivity index (χ4v) is 4.53. The number of hydrogen-bond acceptors (Lipinski definition) is 5. The third kappa shape index (κ3) is 4.45. The molecule has 2 aromatic carbocycles. The van der Waals surface area contributed by atoms with Crippen LogP contribution in [0.4, 0.5) is 11.4 Å². The zero-order valence-electron chi connectivity index (χ0n) is 17.1. The summed E-state index contributed by atoms with van der Waals surface area (Å²) in [7, 11) is 0. The van der Waals surface area contributed by atoms with Crippen LogP contribution in [0, 0.1) is 5.92 Å². The Morgan fingerprint density at radius 3 is 2.77 bits per heavy atom. The van der Waals surface area contributed by atoms with Gasteiger partial charge in [0.05, 0.1) is 28.0 Å². The predicted octanol–water partition coefficient (Wildman–Crippen LogP) is 3.78. The number of carbonyl (C=O) groups is 2. The molecule has 2 heterocycles. The lowest BCUT2D eigenvalue weighted by atomic mass is 10.2. The first-order chi connectivity index (χ1) is 14.8. The molecule has 1 aliphatic heterocycles. The highest BCUT2D eigenvalue weighted by Gasteiger charge is 2.27. The molecule has 1 aliphatic rings. The van der Waals surface area contributed by atoms with Crippen molar-refractivity contribution >= 4 is 57.5 Å². The van der Waals surface area contributed by atoms with Crippen LogP contribution in [0.5, 0.6) is 0 Å². The lowest BCUT2D eigenvalue weighted by molar-refractivity contribution is -0.120. The summed E-state index contributed by atoms with van der Waals surface area (Å²) in [5.74, 6) is -0.210. The summed E-state index contributed by atoms with van der Waals surface area (Å²) in [4.78, 5) is 44.2. The van der Waals surface area contributed by atoms with Crippen molar-refractivity contribution in [2.45, 2.75) is 25.5 Å². The molecule has 1 N–H and O–H groups in total. The highest BCUT2D eigenvalue weighted by Crippen LogP contribution is 2.30. The van der Waals surface area contributed by atoms with Crippen molar-refractivity contribution < 1.29 is 9.59 Å². The molecule has 0 spiro atoms. The second kappa shape index (κ2) is 8.72. The van der Waals surface area contributed by atoms with Crippen LogP contribution in [-0.2, 0) is 16.1 Å². The zero-order chi connectivity index (χ0) is 22.1. The number of nitrogens with one attached hydrogen (secondary N) is 1. The van der Waals surface area contributed by atoms with Crippen molar-refractivity contribution in [3.05, 3.63) is 57.8 Å². The topological polar surface area (TPSA) is 84.3 Å². The van der Waals surface area contributed by atoms with Gasteiger partial charge in [0.15, 0.2) is 5.16 Å². The molecular weight excluding hydrogens is 436 g/mol. The Bertz CT molecular complexity index is 1240. The SMILES string of the molecule is CC(C)Cn1c(SCC(=O)N2CC(=O)Nc3ccccc32)nc2ccc(Cl)cc2c1=O. The van der Waals surface area contributed by atoms with Gasteiger partial charge in [0.1, 0.15) is 6.54 Å². The third-order valence-electron chi connectivity index (χ3n) is 4.83. The van der Waals surface area contributed by atoms with Gasteiger partial charge in [0.2, 0.25) is 11.8 Å². The minimum Gasteiger partial charge on any atom is -0.323 e. The van der Waals surface area contributed by atoms with Crippen LogP contribution < -0.4 is 15.8 Å². The molecule has 0 saturated heterocycles. The van der Waals surface area contributed by atoms with Gasteiger partial charge in [-0.2, -0.15) is 0 Å². The van der Waals surface area contributed by atoms with E-state index in [4.69, 9.17) is 11.6 Å². The van der Waals surface area contributed by atoms with Crippen LogP contribution in [0.1, 0.15) is 13.8 Å². The van der Waals surface area contributed by atoms with Gasteiger partial charge in [-0.1, -0.05) is 49.3 Å². The summed E-state index contributed by atoms with van der Waals surface area (Å²) in [5.41, 5.74) is 1.62. The predicted molar refractivity (Wildman–Crippen MR) is 124 cm³/mol. The molecule has 2 amide bonds. The molecule has 1 aromatic heterocycles. The Morgan fingerprint density at radius 2 is 2.00 bits per heavy atom. The van der Waals surface area contributed by atoms with Crippen LogP contribution in [0.3, 0.4) is 0 Å². The lowest BCUT2D eigenvalue weighted by Crippen LogP contribution is -2.43. The zero-order valence-corrected chi connectivity index (χ0v) is 18.7. The van der Waals surface area contributed by atoms with Crippen molar-refractivity contribution in [1.29, 1.82) is 0 Å². The molecule has 7 nitrogen and oxygen atoms in total. The number of rotatable bonds is 5. The molecule has 0 bridgehead atoms. The average molecular weight is 457 g/mol. The van der Waals surface area contributed by atoms with Gasteiger partial charge >= 0.3 is 0 Å². The number of benzene rings is 2. The molecule has 3 aromatic rings. The number of aromatic nitrogens is 2. The Balaban J connectivity index is 1.64. The third-order valence-corrected chi connectivity index (χ3v) is 6.02. The highest BCUT2D eigenvalue weighted by molar-refractivity contribution is 7.99. The summed E-state index contributed by atoms with van der Waals surface area (Å²) in [6, 6.07) is 12.2. The van der Waals surface area contributed by atoms with Gasteiger partial charge in [-0.25, -0.2) is 4.98 Å². The molecule has 160 valence electrons. The van der Waals surface area contributed by atoms with E-state index in [2.05, 4.69) is 10.3 Å². The van der Waals surface area contributed by atoms with Gasteiger partial charge < -0.3 is 10.2 Å². The van der Waals surface area contributed by atoms with E-state index in [9.17, 15) is 14.4 Å². The van der Waals surface area contributed by atoms with Crippen LogP contribution in [0.2, 0.25) is 5.02 Å². The minimum atomic E-state index is -0.241. The van der Waals surface area contributed by atoms with E-state index in [1.807, 2.05) is 19.9 Å². The molecule has 0 unspecified atom stereocenters. The van der Waals surface area contributed by atoms with Gasteiger partial charge in [0, 0.05) is 11.6 Å². The summed E-state index contributed by atoms with van der Waals surface area (Å²) in [5, 5.41) is 4.16. The second-order valence-electron chi connectivity index (χ2n) is 7.70. The van der Waals surface area contributed by atoms with Gasteiger partial charge in [0.25, 0.3) is 5.56 Å². The summed E-state index contributed by atoms with van der Waals surface area (Å²) in [6.07, 6.45) is 0. The van der Waals surface area contributed by atoms with E-state index in [-0.39, 0.29) is 35.6 Å². The molecule has 0 aliphatic carbocycles. The van der Waals surface area contributed by atoms with Gasteiger partial charge in [-0.05, 0) is 36.2 Å². The van der Waals surface area contributed by atoms with Crippen molar-refractivity contribution in [3.8, 4) is 0 Å². The van der Waals surface area contributed by atoms with E-state index in [0.29, 0.717) is 39.0 Å². The number of anilines is 2. The first-order valence-electron chi connectivity index (χ1n) is 9.85. The normalized spacial score (nSPS) is 13.4. The van der Waals surface area contributed by atoms with E-state index < -0.39 is 0 Å². The van der Waals surface area contributed by atoms with Crippen LogP contribution in [0.25, 0.3) is 10.9 Å². The maximum atomic E-state index is 13.1. The van der Waals surface area contributed by atoms with Crippen LogP contribution >= 0.6 is 23.4 Å². The maximum Gasteiger partial charge on any atom is 0.262 e. The van der Waals surface area contributed by atoms with Gasteiger partial charge in [-0.15, -0.1) is 0 Å². The number of nitrogens with zero attached hydrogens (tertiary/aromatic N) is 3. The number of fused-ring (bicyclic) bond motifs is 2. The molecule has 4 rings (SSSR count). The Morgan fingerprint density at radius 1 is 1.23 bits per heavy atom. The Labute approximate surface area is 188 Å². The van der Waals surface area contributed by atoms with E-state index in [0.717, 1.165) is 0 Å². The van der Waals surface area contributed by atoms with Crippen molar-refractivity contribution in [2.24, 2.45) is 5.92 Å². The quantitative estimate of drug-likeness (QED) is 0.466. The van der Waals surface area contributed by atoms with E-state index in [1.165, 1.54) is 16.7 Å². The highest BCUT2D eigenvalue weighted by atomic mass is 35.5. The Hall–Kier alpha value is -2.84. The second-order valence-corrected chi connectivity index (χ2v) is 9.08. The molecule has 0 fully saturated rings. The summed E-state index contributed by atoms with van der Waals surface area (Å²) < 4.78 is 1.60. The number of halogens is 1. The summed E-state index contributed by atoms with van der Waals surface area (Å²) in [6.45, 7) is 4.45. The number of carbonyl (C=O) groups excluding carboxylic acids is 2. The molecule has 0 saturated carbocycles. The smallest absolute Gasteiger partial charge is 0.262 e. The maximum absolute atomic E-state index is 13.1. The minimum absolute atomic E-state index is 0.0428. The average Bonchev–Trinajstić information content (AvgIpc) is 2.74. The fourth-order valence-electron chi connectivity index (χ4n) is 3.47.